The van der Waals surface area contributed by atoms with E-state index in [1.165, 1.54) is 16.8 Å². The Hall–Kier alpha value is -2.44. The first kappa shape index (κ1) is 17.0. The summed E-state index contributed by atoms with van der Waals surface area (Å²) in [4.78, 5) is 2.46. The van der Waals surface area contributed by atoms with Gasteiger partial charge in [0.1, 0.15) is 0 Å². The lowest BCUT2D eigenvalue weighted by Crippen LogP contribution is -2.22. The maximum absolute atomic E-state index is 9.78. The summed E-state index contributed by atoms with van der Waals surface area (Å²) in [6, 6.07) is 12.7. The number of hydrogen-bond acceptors (Lipinski definition) is 4. The summed E-state index contributed by atoms with van der Waals surface area (Å²) in [6.07, 6.45) is 4.36. The zero-order valence-corrected chi connectivity index (χ0v) is 15.1. The molecule has 1 atom stereocenters. The van der Waals surface area contributed by atoms with Crippen molar-refractivity contribution in [2.45, 2.75) is 45.6 Å². The SMILES string of the molecule is CC(O)c1cc2n(n1)CCCN(Cc1cccc(Cn3cccn3)c1)C2. The summed E-state index contributed by atoms with van der Waals surface area (Å²) in [7, 11) is 0. The van der Waals surface area contributed by atoms with Crippen LogP contribution >= 0.6 is 0 Å². The van der Waals surface area contributed by atoms with Gasteiger partial charge in [0.15, 0.2) is 0 Å². The molecule has 26 heavy (non-hydrogen) atoms. The molecule has 0 radical (unpaired) electrons. The van der Waals surface area contributed by atoms with Crippen LogP contribution in [0.2, 0.25) is 0 Å². The topological polar surface area (TPSA) is 59.1 Å². The number of aliphatic hydroxyl groups is 1. The Labute approximate surface area is 153 Å². The molecule has 1 unspecified atom stereocenters. The molecule has 0 bridgehead atoms. The lowest BCUT2D eigenvalue weighted by molar-refractivity contribution is 0.193. The van der Waals surface area contributed by atoms with E-state index in [2.05, 4.69) is 44.0 Å². The molecule has 6 nitrogen and oxygen atoms in total. The van der Waals surface area contributed by atoms with Gasteiger partial charge in [0.2, 0.25) is 0 Å². The van der Waals surface area contributed by atoms with E-state index in [0.29, 0.717) is 0 Å². The lowest BCUT2D eigenvalue weighted by Gasteiger charge is -2.20. The summed E-state index contributed by atoms with van der Waals surface area (Å²) in [5.74, 6) is 0. The molecular formula is C20H25N5O. The van der Waals surface area contributed by atoms with Crippen LogP contribution in [-0.2, 0) is 26.2 Å². The molecule has 2 aromatic heterocycles. The molecule has 0 amide bonds. The molecule has 0 saturated heterocycles. The number of aliphatic hydroxyl groups excluding tert-OH is 1. The largest absolute Gasteiger partial charge is 0.387 e. The Morgan fingerprint density at radius 1 is 1.12 bits per heavy atom. The molecular weight excluding hydrogens is 326 g/mol. The molecule has 1 aromatic carbocycles. The predicted molar refractivity (Wildman–Crippen MR) is 99.4 cm³/mol. The van der Waals surface area contributed by atoms with Crippen LogP contribution in [0.5, 0.6) is 0 Å². The molecule has 4 rings (SSSR count). The Morgan fingerprint density at radius 3 is 2.73 bits per heavy atom. The number of rotatable bonds is 5. The van der Waals surface area contributed by atoms with Crippen molar-refractivity contribution in [1.29, 1.82) is 0 Å². The second-order valence-electron chi connectivity index (χ2n) is 7.05. The number of hydrogen-bond donors (Lipinski definition) is 1. The number of aromatic nitrogens is 4. The van der Waals surface area contributed by atoms with Crippen molar-refractivity contribution < 1.29 is 5.11 Å². The van der Waals surface area contributed by atoms with E-state index in [1.54, 1.807) is 6.92 Å². The fourth-order valence-corrected chi connectivity index (χ4v) is 3.56. The summed E-state index contributed by atoms with van der Waals surface area (Å²) in [5.41, 5.74) is 4.54. The number of aryl methyl sites for hydroxylation is 1. The third-order valence-electron chi connectivity index (χ3n) is 4.84. The fourth-order valence-electron chi connectivity index (χ4n) is 3.56. The highest BCUT2D eigenvalue weighted by Crippen LogP contribution is 2.19. The van der Waals surface area contributed by atoms with E-state index >= 15 is 0 Å². The minimum atomic E-state index is -0.512. The predicted octanol–water partition coefficient (Wildman–Crippen LogP) is 2.59. The van der Waals surface area contributed by atoms with E-state index in [0.717, 1.165) is 44.8 Å². The molecule has 0 aliphatic carbocycles. The Balaban J connectivity index is 1.46. The maximum atomic E-state index is 9.78. The second-order valence-corrected chi connectivity index (χ2v) is 7.05. The highest BCUT2D eigenvalue weighted by atomic mass is 16.3. The van der Waals surface area contributed by atoms with Crippen LogP contribution in [-0.4, -0.2) is 36.1 Å². The zero-order chi connectivity index (χ0) is 17.9. The van der Waals surface area contributed by atoms with Gasteiger partial charge in [-0.15, -0.1) is 0 Å². The van der Waals surface area contributed by atoms with Gasteiger partial charge < -0.3 is 5.11 Å². The fraction of sp³-hybridized carbons (Fsp3) is 0.400. The average Bonchev–Trinajstić information content (AvgIpc) is 3.22. The van der Waals surface area contributed by atoms with Gasteiger partial charge in [-0.2, -0.15) is 10.2 Å². The average molecular weight is 351 g/mol. The summed E-state index contributed by atoms with van der Waals surface area (Å²) < 4.78 is 4.00. The van der Waals surface area contributed by atoms with Gasteiger partial charge in [0.05, 0.1) is 24.0 Å². The van der Waals surface area contributed by atoms with Crippen LogP contribution in [0.3, 0.4) is 0 Å². The molecule has 0 fully saturated rings. The smallest absolute Gasteiger partial charge is 0.0950 e. The van der Waals surface area contributed by atoms with Crippen molar-refractivity contribution >= 4 is 0 Å². The van der Waals surface area contributed by atoms with Crippen LogP contribution in [0.25, 0.3) is 0 Å². The van der Waals surface area contributed by atoms with Crippen molar-refractivity contribution in [2.75, 3.05) is 6.54 Å². The molecule has 1 aliphatic rings. The molecule has 0 spiro atoms. The first-order valence-corrected chi connectivity index (χ1v) is 9.20. The summed E-state index contributed by atoms with van der Waals surface area (Å²) in [6.45, 7) is 6.32. The van der Waals surface area contributed by atoms with Crippen molar-refractivity contribution in [2.24, 2.45) is 0 Å². The molecule has 1 N–H and O–H groups in total. The molecule has 6 heteroatoms. The van der Waals surface area contributed by atoms with Gasteiger partial charge in [-0.1, -0.05) is 24.3 Å². The number of nitrogens with zero attached hydrogens (tertiary/aromatic N) is 5. The van der Waals surface area contributed by atoms with Crippen molar-refractivity contribution in [3.8, 4) is 0 Å². The monoisotopic (exact) mass is 351 g/mol. The highest BCUT2D eigenvalue weighted by Gasteiger charge is 2.18. The van der Waals surface area contributed by atoms with E-state index in [-0.39, 0.29) is 0 Å². The van der Waals surface area contributed by atoms with Crippen LogP contribution in [0, 0.1) is 0 Å². The van der Waals surface area contributed by atoms with E-state index in [4.69, 9.17) is 0 Å². The Bertz CT molecular complexity index is 853. The van der Waals surface area contributed by atoms with Crippen molar-refractivity contribution in [1.82, 2.24) is 24.5 Å². The minimum Gasteiger partial charge on any atom is -0.387 e. The zero-order valence-electron chi connectivity index (χ0n) is 15.1. The molecule has 3 heterocycles. The first-order valence-electron chi connectivity index (χ1n) is 9.20. The molecule has 136 valence electrons. The standard InChI is InChI=1S/C20H25N5O/c1-16(26)20-12-19-15-23(8-4-10-25(19)22-20)13-17-5-2-6-18(11-17)14-24-9-3-7-21-24/h2-3,5-7,9,11-12,16,26H,4,8,10,13-15H2,1H3. The Morgan fingerprint density at radius 2 is 1.96 bits per heavy atom. The maximum Gasteiger partial charge on any atom is 0.0950 e. The third-order valence-corrected chi connectivity index (χ3v) is 4.84. The third kappa shape index (κ3) is 3.86. The van der Waals surface area contributed by atoms with E-state index < -0.39 is 6.10 Å². The second kappa shape index (κ2) is 7.43. The normalized spacial score (nSPS) is 16.2. The molecule has 0 saturated carbocycles. The minimum absolute atomic E-state index is 0.512. The first-order chi connectivity index (χ1) is 12.7. The van der Waals surface area contributed by atoms with Gasteiger partial charge in [-0.25, -0.2) is 0 Å². The van der Waals surface area contributed by atoms with Gasteiger partial charge in [0, 0.05) is 38.6 Å². The van der Waals surface area contributed by atoms with Gasteiger partial charge in [-0.05, 0) is 36.6 Å². The quantitative estimate of drug-likeness (QED) is 0.768. The number of benzene rings is 1. The van der Waals surface area contributed by atoms with Crippen LogP contribution in [0.4, 0.5) is 0 Å². The van der Waals surface area contributed by atoms with Crippen molar-refractivity contribution in [3.05, 3.63) is 71.3 Å². The van der Waals surface area contributed by atoms with Crippen molar-refractivity contribution in [3.63, 3.8) is 0 Å². The summed E-state index contributed by atoms with van der Waals surface area (Å²) in [5, 5.41) is 18.6. The van der Waals surface area contributed by atoms with E-state index in [1.807, 2.05) is 29.2 Å². The number of fused-ring (bicyclic) bond motifs is 1. The van der Waals surface area contributed by atoms with Crippen LogP contribution in [0.15, 0.2) is 48.8 Å². The molecule has 3 aromatic rings. The lowest BCUT2D eigenvalue weighted by atomic mass is 10.1. The highest BCUT2D eigenvalue weighted by molar-refractivity contribution is 5.24. The van der Waals surface area contributed by atoms with Gasteiger partial charge in [0.25, 0.3) is 0 Å². The Kier molecular flexibility index (Phi) is 4.86. The van der Waals surface area contributed by atoms with Crippen LogP contribution in [0.1, 0.15) is 42.0 Å². The van der Waals surface area contributed by atoms with Gasteiger partial charge in [-0.3, -0.25) is 14.3 Å². The molecule has 1 aliphatic heterocycles. The van der Waals surface area contributed by atoms with Gasteiger partial charge >= 0.3 is 0 Å². The summed E-state index contributed by atoms with van der Waals surface area (Å²) >= 11 is 0. The van der Waals surface area contributed by atoms with E-state index in [9.17, 15) is 5.11 Å². The van der Waals surface area contributed by atoms with Crippen LogP contribution < -0.4 is 0 Å².